The highest BCUT2D eigenvalue weighted by molar-refractivity contribution is 9.10. The lowest BCUT2D eigenvalue weighted by Crippen LogP contribution is -2.08. The maximum Gasteiger partial charge on any atom is 0.157 e. The van der Waals surface area contributed by atoms with Crippen LogP contribution in [0.3, 0.4) is 0 Å². The summed E-state index contributed by atoms with van der Waals surface area (Å²) < 4.78 is 2.93. The van der Waals surface area contributed by atoms with Gasteiger partial charge in [-0.25, -0.2) is 4.98 Å². The molecule has 0 aliphatic heterocycles. The number of hydrogen-bond acceptors (Lipinski definition) is 5. The summed E-state index contributed by atoms with van der Waals surface area (Å²) >= 11 is 3.60. The summed E-state index contributed by atoms with van der Waals surface area (Å²) in [7, 11) is 4.05. The van der Waals surface area contributed by atoms with Gasteiger partial charge in [0, 0.05) is 60.3 Å². The van der Waals surface area contributed by atoms with Crippen molar-refractivity contribution in [2.24, 2.45) is 0 Å². The summed E-state index contributed by atoms with van der Waals surface area (Å²) in [5.74, 6) is 0.868. The number of nitrogens with one attached hydrogen (secondary N) is 1. The zero-order chi connectivity index (χ0) is 18.1. The lowest BCUT2D eigenvalue weighted by molar-refractivity contribution is 1.12. The van der Waals surface area contributed by atoms with E-state index in [9.17, 15) is 0 Å². The molecule has 4 aromatic rings. The lowest BCUT2D eigenvalue weighted by Gasteiger charge is -2.15. The largest absolute Gasteiger partial charge is 0.378 e. The van der Waals surface area contributed by atoms with Crippen molar-refractivity contribution in [2.45, 2.75) is 0 Å². The van der Waals surface area contributed by atoms with Crippen LogP contribution in [0, 0.1) is 0 Å². The number of benzene rings is 1. The predicted molar refractivity (Wildman–Crippen MR) is 108 cm³/mol. The molecule has 130 valence electrons. The second-order valence-corrected chi connectivity index (χ2v) is 6.89. The van der Waals surface area contributed by atoms with Gasteiger partial charge in [0.1, 0.15) is 11.5 Å². The summed E-state index contributed by atoms with van der Waals surface area (Å²) in [5, 5.41) is 3.51. The molecule has 0 atom stereocenters. The normalized spacial score (nSPS) is 10.9. The number of pyridine rings is 1. The van der Waals surface area contributed by atoms with E-state index < -0.39 is 0 Å². The molecule has 0 bridgehead atoms. The van der Waals surface area contributed by atoms with Gasteiger partial charge in [-0.2, -0.15) is 0 Å². The van der Waals surface area contributed by atoms with Crippen molar-refractivity contribution in [1.29, 1.82) is 0 Å². The topological polar surface area (TPSA) is 58.3 Å². The molecular weight excluding hydrogens is 392 g/mol. The summed E-state index contributed by atoms with van der Waals surface area (Å²) in [4.78, 5) is 15.3. The van der Waals surface area contributed by atoms with Crippen molar-refractivity contribution < 1.29 is 0 Å². The van der Waals surface area contributed by atoms with Crippen LogP contribution in [0.4, 0.5) is 17.2 Å². The third-order valence-corrected chi connectivity index (χ3v) is 4.77. The van der Waals surface area contributed by atoms with Gasteiger partial charge in [0.05, 0.1) is 6.20 Å². The molecule has 26 heavy (non-hydrogen) atoms. The van der Waals surface area contributed by atoms with Crippen LogP contribution in [0.25, 0.3) is 16.9 Å². The van der Waals surface area contributed by atoms with Gasteiger partial charge in [-0.3, -0.25) is 14.4 Å². The van der Waals surface area contributed by atoms with Crippen molar-refractivity contribution >= 4 is 38.8 Å². The van der Waals surface area contributed by atoms with Gasteiger partial charge in [0.2, 0.25) is 0 Å². The molecule has 6 nitrogen and oxygen atoms in total. The molecule has 0 aliphatic rings. The summed E-state index contributed by atoms with van der Waals surface area (Å²) in [6.07, 6.45) is 8.95. The fourth-order valence-corrected chi connectivity index (χ4v) is 3.17. The van der Waals surface area contributed by atoms with Gasteiger partial charge >= 0.3 is 0 Å². The third-order valence-electron chi connectivity index (χ3n) is 4.08. The number of rotatable bonds is 4. The highest BCUT2D eigenvalue weighted by Gasteiger charge is 2.17. The van der Waals surface area contributed by atoms with Gasteiger partial charge in [-0.1, -0.05) is 6.07 Å². The molecule has 0 saturated carbocycles. The molecule has 0 saturated heterocycles. The van der Waals surface area contributed by atoms with Gasteiger partial charge in [0.25, 0.3) is 0 Å². The fourth-order valence-electron chi connectivity index (χ4n) is 2.76. The Balaban J connectivity index is 1.87. The van der Waals surface area contributed by atoms with E-state index in [1.165, 1.54) is 0 Å². The van der Waals surface area contributed by atoms with Gasteiger partial charge < -0.3 is 10.2 Å². The molecule has 3 aromatic heterocycles. The average Bonchev–Trinajstić information content (AvgIpc) is 3.01. The van der Waals surface area contributed by atoms with E-state index >= 15 is 0 Å². The van der Waals surface area contributed by atoms with Crippen molar-refractivity contribution in [2.75, 3.05) is 24.3 Å². The van der Waals surface area contributed by atoms with Crippen molar-refractivity contribution in [1.82, 2.24) is 19.4 Å². The minimum absolute atomic E-state index is 0.768. The van der Waals surface area contributed by atoms with Gasteiger partial charge in [0.15, 0.2) is 5.65 Å². The number of imidazole rings is 1. The molecule has 0 spiro atoms. The lowest BCUT2D eigenvalue weighted by atomic mass is 10.2. The van der Waals surface area contributed by atoms with E-state index in [1.807, 2.05) is 42.9 Å². The van der Waals surface area contributed by atoms with Crippen LogP contribution in [0.2, 0.25) is 0 Å². The number of aromatic nitrogens is 4. The number of fused-ring (bicyclic) bond motifs is 1. The summed E-state index contributed by atoms with van der Waals surface area (Å²) in [5.41, 5.74) is 4.60. The SMILES string of the molecule is CN(C)c1cccc(Nc2c(-c3cnccc3Br)nc3cnccn23)c1. The molecule has 0 aliphatic carbocycles. The standard InChI is InChI=1S/C19H17BrN6/c1-25(2)14-5-3-4-13(10-14)23-19-18(15-11-21-7-6-16(15)20)24-17-12-22-8-9-26(17)19/h3-12,23H,1-2H3. The Morgan fingerprint density at radius 2 is 1.92 bits per heavy atom. The second kappa shape index (κ2) is 6.76. The quantitative estimate of drug-likeness (QED) is 0.543. The zero-order valence-corrected chi connectivity index (χ0v) is 16.0. The van der Waals surface area contributed by atoms with Crippen LogP contribution in [0.5, 0.6) is 0 Å². The number of nitrogens with zero attached hydrogens (tertiary/aromatic N) is 5. The maximum absolute atomic E-state index is 4.75. The van der Waals surface area contributed by atoms with Crippen LogP contribution in [0.15, 0.2) is 65.8 Å². The molecule has 0 fully saturated rings. The minimum atomic E-state index is 0.768. The molecule has 4 rings (SSSR count). The number of hydrogen-bond donors (Lipinski definition) is 1. The number of halogens is 1. The molecule has 7 heteroatoms. The first-order chi connectivity index (χ1) is 12.6. The van der Waals surface area contributed by atoms with Crippen molar-refractivity contribution in [3.63, 3.8) is 0 Å². The Morgan fingerprint density at radius 1 is 1.08 bits per heavy atom. The van der Waals surface area contributed by atoms with Crippen molar-refractivity contribution in [3.8, 4) is 11.3 Å². The third kappa shape index (κ3) is 3.01. The monoisotopic (exact) mass is 408 g/mol. The van der Waals surface area contributed by atoms with E-state index in [0.717, 1.165) is 38.6 Å². The maximum atomic E-state index is 4.75. The van der Waals surface area contributed by atoms with E-state index in [-0.39, 0.29) is 0 Å². The Kier molecular flexibility index (Phi) is 4.30. The highest BCUT2D eigenvalue weighted by atomic mass is 79.9. The van der Waals surface area contributed by atoms with Crippen LogP contribution in [0.1, 0.15) is 0 Å². The first-order valence-electron chi connectivity index (χ1n) is 8.10. The van der Waals surface area contributed by atoms with Crippen molar-refractivity contribution in [3.05, 3.63) is 65.8 Å². The van der Waals surface area contributed by atoms with E-state index in [0.29, 0.717) is 0 Å². The molecule has 0 radical (unpaired) electrons. The molecule has 1 N–H and O–H groups in total. The Labute approximate surface area is 159 Å². The van der Waals surface area contributed by atoms with Gasteiger partial charge in [-0.15, -0.1) is 0 Å². The van der Waals surface area contributed by atoms with Crippen LogP contribution >= 0.6 is 15.9 Å². The molecule has 1 aromatic carbocycles. The molecule has 0 amide bonds. The fraction of sp³-hybridized carbons (Fsp3) is 0.105. The zero-order valence-electron chi connectivity index (χ0n) is 14.4. The first-order valence-corrected chi connectivity index (χ1v) is 8.89. The van der Waals surface area contributed by atoms with Crippen LogP contribution in [-0.4, -0.2) is 33.4 Å². The van der Waals surface area contributed by atoms with E-state index in [2.05, 4.69) is 48.2 Å². The average molecular weight is 409 g/mol. The van der Waals surface area contributed by atoms with Crippen LogP contribution < -0.4 is 10.2 Å². The summed E-state index contributed by atoms with van der Waals surface area (Å²) in [6.45, 7) is 0. The Hall–Kier alpha value is -2.93. The molecule has 3 heterocycles. The second-order valence-electron chi connectivity index (χ2n) is 6.04. The van der Waals surface area contributed by atoms with Gasteiger partial charge in [-0.05, 0) is 40.2 Å². The minimum Gasteiger partial charge on any atom is -0.378 e. The Bertz CT molecular complexity index is 1070. The highest BCUT2D eigenvalue weighted by Crippen LogP contribution is 2.35. The first kappa shape index (κ1) is 16.5. The smallest absolute Gasteiger partial charge is 0.157 e. The predicted octanol–water partition coefficient (Wildman–Crippen LogP) is 4.36. The van der Waals surface area contributed by atoms with E-state index in [4.69, 9.17) is 4.98 Å². The summed E-state index contributed by atoms with van der Waals surface area (Å²) in [6, 6.07) is 10.1. The van der Waals surface area contributed by atoms with E-state index in [1.54, 1.807) is 24.8 Å². The number of anilines is 3. The van der Waals surface area contributed by atoms with Crippen LogP contribution in [-0.2, 0) is 0 Å². The molecule has 0 unspecified atom stereocenters. The molecular formula is C19H17BrN6. The Morgan fingerprint density at radius 3 is 2.73 bits per heavy atom.